The number of hydrogen-bond donors (Lipinski definition) is 4. The Bertz CT molecular complexity index is 1800. The summed E-state index contributed by atoms with van der Waals surface area (Å²) >= 11 is -2.56. The van der Waals surface area contributed by atoms with Gasteiger partial charge in [-0.2, -0.15) is 0 Å². The Balaban J connectivity index is 1.43. The fourth-order valence-electron chi connectivity index (χ4n) is 4.55. The fraction of sp³-hybridized carbons (Fsp3) is 0.156. The molecule has 0 aliphatic rings. The Morgan fingerprint density at radius 3 is 2.23 bits per heavy atom. The number of ether oxygens (including phenoxy) is 2. The molecular formula is C32H32N6O5S. The molecule has 4 N–H and O–H groups in total. The fourth-order valence-corrected chi connectivity index (χ4v) is 5.12. The molecule has 0 fully saturated rings. The number of benzene rings is 4. The molecule has 44 heavy (non-hydrogen) atoms. The van der Waals surface area contributed by atoms with Crippen molar-refractivity contribution in [2.24, 2.45) is 0 Å². The van der Waals surface area contributed by atoms with Crippen LogP contribution in [0.2, 0.25) is 0 Å². The number of hydrogen-bond acceptors (Lipinski definition) is 8. The van der Waals surface area contributed by atoms with E-state index in [-0.39, 0.29) is 24.1 Å². The molecule has 5 rings (SSSR count). The zero-order chi connectivity index (χ0) is 31.1. The first-order valence-electron chi connectivity index (χ1n) is 13.7. The zero-order valence-corrected chi connectivity index (χ0v) is 25.2. The second-order valence-corrected chi connectivity index (χ2v) is 10.6. The van der Waals surface area contributed by atoms with Crippen molar-refractivity contribution < 1.29 is 23.0 Å². The van der Waals surface area contributed by atoms with Crippen LogP contribution < -0.4 is 29.7 Å². The third-order valence-corrected chi connectivity index (χ3v) is 7.44. The van der Waals surface area contributed by atoms with Gasteiger partial charge in [-0.3, -0.25) is 9.35 Å². The van der Waals surface area contributed by atoms with Crippen molar-refractivity contribution in [3.8, 4) is 11.5 Å². The van der Waals surface area contributed by atoms with Gasteiger partial charge in [0, 0.05) is 36.1 Å². The number of aryl methyl sites for hydroxylation is 1. The highest BCUT2D eigenvalue weighted by Crippen LogP contribution is 2.36. The molecule has 0 spiro atoms. The third-order valence-electron chi connectivity index (χ3n) is 6.74. The van der Waals surface area contributed by atoms with E-state index >= 15 is 0 Å². The molecule has 0 aliphatic carbocycles. The lowest BCUT2D eigenvalue weighted by atomic mass is 10.1. The standard InChI is InChI=1S/C32H32N6O5S/c1-21-9-4-5-10-22(21)19-33-20-30(39)34-23-11-8-12-25(15-23)38(44(40)41)32-31(36-28-13-6-7-14-29(28)37-32)35-24-16-26(42-2)18-27(17-24)43-3/h4-18,33H,19-20H2,1-3H3,(H,34,39)(H,35,36)(H,40,41). The SMILES string of the molecule is COc1cc(Nc2nc3ccccc3nc2N(c2cccc(NC(=O)CNCc3ccccc3C)c2)S(=O)O)cc(OC)c1. The maximum Gasteiger partial charge on any atom is 0.268 e. The summed E-state index contributed by atoms with van der Waals surface area (Å²) in [5, 5.41) is 9.21. The second kappa shape index (κ2) is 14.0. The van der Waals surface area contributed by atoms with Gasteiger partial charge in [-0.25, -0.2) is 18.5 Å². The quantitative estimate of drug-likeness (QED) is 0.131. The van der Waals surface area contributed by atoms with E-state index in [1.807, 2.05) is 43.3 Å². The van der Waals surface area contributed by atoms with Gasteiger partial charge in [0.1, 0.15) is 11.5 Å². The van der Waals surface area contributed by atoms with Crippen molar-refractivity contribution in [3.05, 3.63) is 102 Å². The number of fused-ring (bicyclic) bond motifs is 1. The molecule has 11 nitrogen and oxygen atoms in total. The molecule has 5 aromatic rings. The van der Waals surface area contributed by atoms with Crippen LogP contribution in [0, 0.1) is 6.92 Å². The van der Waals surface area contributed by atoms with E-state index in [0.717, 1.165) is 15.4 Å². The van der Waals surface area contributed by atoms with Crippen LogP contribution in [0.25, 0.3) is 11.0 Å². The highest BCUT2D eigenvalue weighted by molar-refractivity contribution is 7.81. The van der Waals surface area contributed by atoms with Crippen LogP contribution in [-0.4, -0.2) is 45.4 Å². The van der Waals surface area contributed by atoms with E-state index in [9.17, 15) is 13.6 Å². The third kappa shape index (κ3) is 7.29. The van der Waals surface area contributed by atoms with Crippen molar-refractivity contribution in [1.82, 2.24) is 15.3 Å². The molecule has 4 aromatic carbocycles. The Morgan fingerprint density at radius 1 is 0.864 bits per heavy atom. The Labute approximate surface area is 257 Å². The number of anilines is 5. The van der Waals surface area contributed by atoms with Gasteiger partial charge in [0.25, 0.3) is 11.3 Å². The smallest absolute Gasteiger partial charge is 0.268 e. The van der Waals surface area contributed by atoms with Gasteiger partial charge in [0.2, 0.25) is 5.91 Å². The molecule has 0 bridgehead atoms. The summed E-state index contributed by atoms with van der Waals surface area (Å²) in [4.78, 5) is 22.2. The van der Waals surface area contributed by atoms with Crippen molar-refractivity contribution in [2.45, 2.75) is 13.5 Å². The minimum absolute atomic E-state index is 0.0857. The maximum absolute atomic E-state index is 12.9. The number of aromatic nitrogens is 2. The topological polar surface area (TPSA) is 138 Å². The highest BCUT2D eigenvalue weighted by Gasteiger charge is 2.23. The molecule has 1 unspecified atom stereocenters. The van der Waals surface area contributed by atoms with Gasteiger partial charge >= 0.3 is 0 Å². The number of para-hydroxylation sites is 2. The molecule has 0 radical (unpaired) electrons. The van der Waals surface area contributed by atoms with E-state index < -0.39 is 11.3 Å². The van der Waals surface area contributed by atoms with Crippen LogP contribution in [0.15, 0.2) is 91.0 Å². The van der Waals surface area contributed by atoms with Crippen LogP contribution in [0.1, 0.15) is 11.1 Å². The summed E-state index contributed by atoms with van der Waals surface area (Å²) < 4.78 is 35.3. The lowest BCUT2D eigenvalue weighted by Crippen LogP contribution is -2.28. The van der Waals surface area contributed by atoms with Gasteiger partial charge in [0.15, 0.2) is 11.6 Å². The second-order valence-electron chi connectivity index (χ2n) is 9.76. The largest absolute Gasteiger partial charge is 0.497 e. The van der Waals surface area contributed by atoms with Gasteiger partial charge in [-0.1, -0.05) is 42.5 Å². The van der Waals surface area contributed by atoms with Gasteiger partial charge in [-0.15, -0.1) is 0 Å². The Kier molecular flexibility index (Phi) is 9.65. The number of carbonyl (C=O) groups is 1. The summed E-state index contributed by atoms with van der Waals surface area (Å²) in [6.45, 7) is 2.66. The first-order chi connectivity index (χ1) is 21.3. The van der Waals surface area contributed by atoms with Crippen molar-refractivity contribution in [2.75, 3.05) is 35.7 Å². The molecule has 0 saturated heterocycles. The number of methoxy groups -OCH3 is 2. The first kappa shape index (κ1) is 30.4. The maximum atomic E-state index is 12.9. The molecule has 1 amide bonds. The van der Waals surface area contributed by atoms with Gasteiger partial charge in [0.05, 0.1) is 37.5 Å². The first-order valence-corrected chi connectivity index (χ1v) is 14.7. The number of rotatable bonds is 12. The van der Waals surface area contributed by atoms with Crippen molar-refractivity contribution >= 4 is 56.9 Å². The average molecular weight is 613 g/mol. The lowest BCUT2D eigenvalue weighted by molar-refractivity contribution is -0.115. The lowest BCUT2D eigenvalue weighted by Gasteiger charge is -2.23. The summed E-state index contributed by atoms with van der Waals surface area (Å²) in [7, 11) is 3.09. The summed E-state index contributed by atoms with van der Waals surface area (Å²) in [6, 6.07) is 27.0. The zero-order valence-electron chi connectivity index (χ0n) is 24.4. The van der Waals surface area contributed by atoms with Crippen LogP contribution in [-0.2, 0) is 22.6 Å². The molecule has 0 aliphatic heterocycles. The Morgan fingerprint density at radius 2 is 1.55 bits per heavy atom. The summed E-state index contributed by atoms with van der Waals surface area (Å²) in [5.41, 5.74) is 4.68. The number of nitrogens with one attached hydrogen (secondary N) is 3. The Hall–Kier alpha value is -5.04. The number of nitrogens with zero attached hydrogens (tertiary/aromatic N) is 3. The molecular weight excluding hydrogens is 580 g/mol. The minimum Gasteiger partial charge on any atom is -0.497 e. The molecule has 1 atom stereocenters. The van der Waals surface area contributed by atoms with E-state index in [2.05, 4.69) is 16.0 Å². The molecule has 0 saturated carbocycles. The molecule has 1 aromatic heterocycles. The van der Waals surface area contributed by atoms with Crippen molar-refractivity contribution in [3.63, 3.8) is 0 Å². The van der Waals surface area contributed by atoms with Crippen LogP contribution in [0.3, 0.4) is 0 Å². The summed E-state index contributed by atoms with van der Waals surface area (Å²) in [6.07, 6.45) is 0. The van der Waals surface area contributed by atoms with E-state index in [0.29, 0.717) is 46.1 Å². The minimum atomic E-state index is -2.56. The number of amides is 1. The predicted molar refractivity (Wildman–Crippen MR) is 173 cm³/mol. The van der Waals surface area contributed by atoms with E-state index in [1.165, 1.54) is 0 Å². The van der Waals surface area contributed by atoms with Crippen LogP contribution in [0.5, 0.6) is 11.5 Å². The predicted octanol–water partition coefficient (Wildman–Crippen LogP) is 5.70. The van der Waals surface area contributed by atoms with Gasteiger partial charge in [-0.05, 0) is 48.4 Å². The monoisotopic (exact) mass is 612 g/mol. The van der Waals surface area contributed by atoms with Crippen LogP contribution in [0.4, 0.5) is 28.7 Å². The average Bonchev–Trinajstić information content (AvgIpc) is 3.02. The van der Waals surface area contributed by atoms with E-state index in [1.54, 1.807) is 68.8 Å². The highest BCUT2D eigenvalue weighted by atomic mass is 32.2. The number of carbonyl (C=O) groups excluding carboxylic acids is 1. The van der Waals surface area contributed by atoms with E-state index in [4.69, 9.17) is 19.4 Å². The van der Waals surface area contributed by atoms with Crippen molar-refractivity contribution in [1.29, 1.82) is 0 Å². The normalized spacial score (nSPS) is 11.5. The molecule has 12 heteroatoms. The molecule has 226 valence electrons. The van der Waals surface area contributed by atoms with Gasteiger partial charge < -0.3 is 25.4 Å². The van der Waals surface area contributed by atoms with Crippen LogP contribution >= 0.6 is 0 Å². The summed E-state index contributed by atoms with van der Waals surface area (Å²) in [5.74, 6) is 1.14. The molecule has 1 heterocycles.